The summed E-state index contributed by atoms with van der Waals surface area (Å²) in [5.41, 5.74) is 2.88. The first-order valence-corrected chi connectivity index (χ1v) is 7.63. The van der Waals surface area contributed by atoms with Gasteiger partial charge < -0.3 is 15.1 Å². The minimum Gasteiger partial charge on any atom is -0.395 e. The maximum absolute atomic E-state index is 10.6. The third-order valence-corrected chi connectivity index (χ3v) is 3.57. The number of rotatable bonds is 8. The van der Waals surface area contributed by atoms with Crippen LogP contribution in [0, 0.1) is 10.1 Å². The molecule has 0 aromatic heterocycles. The smallest absolute Gasteiger partial charge is 0.269 e. The van der Waals surface area contributed by atoms with Crippen LogP contribution < -0.4 is 4.90 Å². The lowest BCUT2D eigenvalue weighted by Gasteiger charge is -2.22. The number of aliphatic hydroxyl groups is 2. The molecular weight excluding hydrogens is 308 g/mol. The zero-order chi connectivity index (χ0) is 17.4. The van der Waals surface area contributed by atoms with Gasteiger partial charge in [0.1, 0.15) is 0 Å². The number of non-ortho nitro benzene ring substituents is 1. The van der Waals surface area contributed by atoms with Crippen LogP contribution >= 0.6 is 0 Å². The maximum Gasteiger partial charge on any atom is 0.269 e. The normalized spacial score (nSPS) is 10.9. The third-order valence-electron chi connectivity index (χ3n) is 3.57. The lowest BCUT2D eigenvalue weighted by Crippen LogP contribution is -2.29. The fourth-order valence-electron chi connectivity index (χ4n) is 2.31. The van der Waals surface area contributed by atoms with E-state index in [4.69, 9.17) is 10.2 Å². The van der Waals surface area contributed by atoms with Crippen LogP contribution in [-0.2, 0) is 0 Å². The summed E-state index contributed by atoms with van der Waals surface area (Å²) in [6.07, 6.45) is 3.81. The van der Waals surface area contributed by atoms with Gasteiger partial charge >= 0.3 is 0 Å². The lowest BCUT2D eigenvalue weighted by molar-refractivity contribution is -0.384. The SMILES string of the molecule is O=[N+]([O-])c1ccc(C=Cc2ccc(N(CCO)CCO)cc2)cc1. The molecule has 2 aromatic rings. The second-order valence-corrected chi connectivity index (χ2v) is 5.21. The Morgan fingerprint density at radius 2 is 1.33 bits per heavy atom. The molecule has 0 aliphatic carbocycles. The molecular formula is C18H20N2O4. The van der Waals surface area contributed by atoms with Crippen molar-refractivity contribution < 1.29 is 15.1 Å². The monoisotopic (exact) mass is 328 g/mol. The lowest BCUT2D eigenvalue weighted by atomic mass is 10.1. The van der Waals surface area contributed by atoms with Gasteiger partial charge in [0.05, 0.1) is 18.1 Å². The molecule has 0 spiro atoms. The molecule has 0 saturated carbocycles. The van der Waals surface area contributed by atoms with Crippen molar-refractivity contribution in [1.29, 1.82) is 0 Å². The summed E-state index contributed by atoms with van der Waals surface area (Å²) in [6, 6.07) is 14.1. The van der Waals surface area contributed by atoms with Crippen LogP contribution in [0.25, 0.3) is 12.2 Å². The van der Waals surface area contributed by atoms with Crippen LogP contribution in [0.4, 0.5) is 11.4 Å². The molecule has 0 aliphatic heterocycles. The minimum absolute atomic E-state index is 0.0296. The van der Waals surface area contributed by atoms with Crippen molar-refractivity contribution in [2.45, 2.75) is 0 Å². The largest absolute Gasteiger partial charge is 0.395 e. The van der Waals surface area contributed by atoms with E-state index in [1.54, 1.807) is 12.1 Å². The highest BCUT2D eigenvalue weighted by Gasteiger charge is 2.05. The predicted octanol–water partition coefficient (Wildman–Crippen LogP) is 2.56. The number of aliphatic hydroxyl groups excluding tert-OH is 2. The van der Waals surface area contributed by atoms with Crippen molar-refractivity contribution in [3.8, 4) is 0 Å². The van der Waals surface area contributed by atoms with E-state index in [2.05, 4.69) is 0 Å². The molecule has 0 heterocycles. The highest BCUT2D eigenvalue weighted by Crippen LogP contribution is 2.18. The van der Waals surface area contributed by atoms with E-state index in [0.29, 0.717) is 13.1 Å². The fraction of sp³-hybridized carbons (Fsp3) is 0.222. The minimum atomic E-state index is -0.420. The quantitative estimate of drug-likeness (QED) is 0.442. The van der Waals surface area contributed by atoms with Gasteiger partial charge in [-0.1, -0.05) is 24.3 Å². The first-order chi connectivity index (χ1) is 11.6. The van der Waals surface area contributed by atoms with Gasteiger partial charge in [-0.05, 0) is 35.4 Å². The first-order valence-electron chi connectivity index (χ1n) is 7.63. The molecule has 0 amide bonds. The molecule has 0 fully saturated rings. The maximum atomic E-state index is 10.6. The van der Waals surface area contributed by atoms with Crippen LogP contribution in [0.5, 0.6) is 0 Å². The van der Waals surface area contributed by atoms with E-state index in [1.807, 2.05) is 41.3 Å². The zero-order valence-corrected chi connectivity index (χ0v) is 13.2. The molecule has 126 valence electrons. The van der Waals surface area contributed by atoms with Gasteiger partial charge in [-0.15, -0.1) is 0 Å². The van der Waals surface area contributed by atoms with Gasteiger partial charge in [-0.25, -0.2) is 0 Å². The topological polar surface area (TPSA) is 86.8 Å². The number of nitrogens with zero attached hydrogens (tertiary/aromatic N) is 2. The summed E-state index contributed by atoms with van der Waals surface area (Å²) < 4.78 is 0. The fourth-order valence-corrected chi connectivity index (χ4v) is 2.31. The predicted molar refractivity (Wildman–Crippen MR) is 94.9 cm³/mol. The van der Waals surface area contributed by atoms with E-state index < -0.39 is 4.92 Å². The van der Waals surface area contributed by atoms with Crippen LogP contribution in [0.1, 0.15) is 11.1 Å². The summed E-state index contributed by atoms with van der Waals surface area (Å²) in [5.74, 6) is 0. The number of nitro benzene ring substituents is 1. The zero-order valence-electron chi connectivity index (χ0n) is 13.2. The number of hydrogen-bond acceptors (Lipinski definition) is 5. The number of hydrogen-bond donors (Lipinski definition) is 2. The van der Waals surface area contributed by atoms with Crippen molar-refractivity contribution in [3.63, 3.8) is 0 Å². The van der Waals surface area contributed by atoms with E-state index in [-0.39, 0.29) is 18.9 Å². The molecule has 2 N–H and O–H groups in total. The third kappa shape index (κ3) is 4.91. The van der Waals surface area contributed by atoms with Crippen LogP contribution in [-0.4, -0.2) is 41.4 Å². The summed E-state index contributed by atoms with van der Waals surface area (Å²) in [7, 11) is 0. The molecule has 6 nitrogen and oxygen atoms in total. The standard InChI is InChI=1S/C18H20N2O4/c21-13-11-19(12-14-22)17-7-3-15(4-8-17)1-2-16-5-9-18(10-6-16)20(23)24/h1-10,21-22H,11-14H2. The van der Waals surface area contributed by atoms with Crippen LogP contribution in [0.15, 0.2) is 48.5 Å². The first kappa shape index (κ1) is 17.7. The van der Waals surface area contributed by atoms with Gasteiger partial charge in [0.2, 0.25) is 0 Å². The van der Waals surface area contributed by atoms with Gasteiger partial charge in [0.15, 0.2) is 0 Å². The Morgan fingerprint density at radius 3 is 1.75 bits per heavy atom. The second-order valence-electron chi connectivity index (χ2n) is 5.21. The summed E-state index contributed by atoms with van der Waals surface area (Å²) >= 11 is 0. The number of benzene rings is 2. The van der Waals surface area contributed by atoms with Crippen LogP contribution in [0.2, 0.25) is 0 Å². The molecule has 2 aromatic carbocycles. The Bertz CT molecular complexity index is 675. The van der Waals surface area contributed by atoms with Crippen LogP contribution in [0.3, 0.4) is 0 Å². The van der Waals surface area contributed by atoms with E-state index in [9.17, 15) is 10.1 Å². The van der Waals surface area contributed by atoms with Crippen molar-refractivity contribution in [1.82, 2.24) is 0 Å². The van der Waals surface area contributed by atoms with Gasteiger partial charge in [0, 0.05) is 30.9 Å². The number of anilines is 1. The van der Waals surface area contributed by atoms with Gasteiger partial charge in [-0.3, -0.25) is 10.1 Å². The summed E-state index contributed by atoms with van der Waals surface area (Å²) in [4.78, 5) is 12.1. The Balaban J connectivity index is 2.06. The van der Waals surface area contributed by atoms with Crippen molar-refractivity contribution >= 4 is 23.5 Å². The Labute approximate surface area is 140 Å². The van der Waals surface area contributed by atoms with Gasteiger partial charge in [0.25, 0.3) is 5.69 Å². The molecule has 0 saturated heterocycles. The van der Waals surface area contributed by atoms with E-state index in [1.165, 1.54) is 12.1 Å². The Hall–Kier alpha value is -2.70. The molecule has 6 heteroatoms. The van der Waals surface area contributed by atoms with Crippen molar-refractivity contribution in [2.75, 3.05) is 31.2 Å². The van der Waals surface area contributed by atoms with Gasteiger partial charge in [-0.2, -0.15) is 0 Å². The molecule has 2 rings (SSSR count). The van der Waals surface area contributed by atoms with Crippen molar-refractivity contribution in [3.05, 3.63) is 69.8 Å². The molecule has 0 unspecified atom stereocenters. The molecule has 0 radical (unpaired) electrons. The number of nitro groups is 1. The average Bonchev–Trinajstić information content (AvgIpc) is 2.60. The highest BCUT2D eigenvalue weighted by atomic mass is 16.6. The molecule has 0 atom stereocenters. The summed E-state index contributed by atoms with van der Waals surface area (Å²) in [6.45, 7) is 1.00. The Morgan fingerprint density at radius 1 is 0.875 bits per heavy atom. The van der Waals surface area contributed by atoms with E-state index >= 15 is 0 Å². The molecule has 0 aliphatic rings. The Kier molecular flexibility index (Phi) is 6.48. The molecule has 0 bridgehead atoms. The highest BCUT2D eigenvalue weighted by molar-refractivity contribution is 5.71. The molecule has 24 heavy (non-hydrogen) atoms. The average molecular weight is 328 g/mol. The summed E-state index contributed by atoms with van der Waals surface area (Å²) in [5, 5.41) is 28.8. The van der Waals surface area contributed by atoms with Crippen molar-refractivity contribution in [2.24, 2.45) is 0 Å². The van der Waals surface area contributed by atoms with E-state index in [0.717, 1.165) is 16.8 Å². The second kappa shape index (κ2) is 8.81.